The zero-order chi connectivity index (χ0) is 11.0. The Kier molecular flexibility index (Phi) is 7.21. The minimum atomic E-state index is 0.665. The van der Waals surface area contributed by atoms with Gasteiger partial charge in [0.15, 0.2) is 0 Å². The third-order valence-electron chi connectivity index (χ3n) is 2.15. The van der Waals surface area contributed by atoms with Gasteiger partial charge in [-0.1, -0.05) is 19.6 Å². The zero-order valence-corrected chi connectivity index (χ0v) is 9.63. The molecule has 14 heavy (non-hydrogen) atoms. The molecule has 1 atom stereocenters. The SMILES string of the molecule is C=C(C)N.C=CC(C)CN1CCCC1. The average Bonchev–Trinajstić information content (AvgIpc) is 2.55. The van der Waals surface area contributed by atoms with Crippen molar-refractivity contribution in [2.45, 2.75) is 26.7 Å². The Morgan fingerprint density at radius 1 is 1.50 bits per heavy atom. The molecule has 2 N–H and O–H groups in total. The van der Waals surface area contributed by atoms with Crippen LogP contribution in [0.25, 0.3) is 0 Å². The van der Waals surface area contributed by atoms with E-state index in [1.807, 2.05) is 6.08 Å². The summed E-state index contributed by atoms with van der Waals surface area (Å²) in [6, 6.07) is 0. The number of nitrogens with zero attached hydrogens (tertiary/aromatic N) is 1. The van der Waals surface area contributed by atoms with Crippen molar-refractivity contribution in [3.8, 4) is 0 Å². The summed E-state index contributed by atoms with van der Waals surface area (Å²) in [5.41, 5.74) is 5.58. The molecule has 0 aromatic rings. The third-order valence-corrected chi connectivity index (χ3v) is 2.15. The molecule has 1 fully saturated rings. The highest BCUT2D eigenvalue weighted by Crippen LogP contribution is 2.09. The molecule has 1 aliphatic rings. The summed E-state index contributed by atoms with van der Waals surface area (Å²) >= 11 is 0. The number of nitrogens with two attached hydrogens (primary N) is 1. The topological polar surface area (TPSA) is 29.3 Å². The summed E-state index contributed by atoms with van der Waals surface area (Å²) in [4.78, 5) is 2.52. The van der Waals surface area contributed by atoms with Gasteiger partial charge in [0.25, 0.3) is 0 Å². The minimum Gasteiger partial charge on any atom is -0.403 e. The number of hydrogen-bond donors (Lipinski definition) is 1. The summed E-state index contributed by atoms with van der Waals surface area (Å²) in [5.74, 6) is 0.665. The Hall–Kier alpha value is -0.760. The highest BCUT2D eigenvalue weighted by atomic mass is 15.1. The lowest BCUT2D eigenvalue weighted by Crippen LogP contribution is -2.24. The zero-order valence-electron chi connectivity index (χ0n) is 9.63. The van der Waals surface area contributed by atoms with E-state index in [4.69, 9.17) is 5.73 Å². The van der Waals surface area contributed by atoms with Crippen molar-refractivity contribution < 1.29 is 0 Å². The smallest absolute Gasteiger partial charge is 0.00416 e. The van der Waals surface area contributed by atoms with Crippen LogP contribution < -0.4 is 5.73 Å². The van der Waals surface area contributed by atoms with Crippen LogP contribution in [0.1, 0.15) is 26.7 Å². The van der Waals surface area contributed by atoms with E-state index in [2.05, 4.69) is 25.0 Å². The van der Waals surface area contributed by atoms with Gasteiger partial charge in [0.2, 0.25) is 0 Å². The van der Waals surface area contributed by atoms with Crippen molar-refractivity contribution in [1.82, 2.24) is 4.90 Å². The van der Waals surface area contributed by atoms with Crippen molar-refractivity contribution in [1.29, 1.82) is 0 Å². The van der Waals surface area contributed by atoms with E-state index in [1.165, 1.54) is 32.5 Å². The third kappa shape index (κ3) is 7.87. The maximum Gasteiger partial charge on any atom is 0.00416 e. The summed E-state index contributed by atoms with van der Waals surface area (Å²) < 4.78 is 0. The molecule has 1 heterocycles. The van der Waals surface area contributed by atoms with Crippen LogP contribution >= 0.6 is 0 Å². The van der Waals surface area contributed by atoms with E-state index < -0.39 is 0 Å². The number of hydrogen-bond acceptors (Lipinski definition) is 2. The first kappa shape index (κ1) is 13.2. The molecule has 0 bridgehead atoms. The lowest BCUT2D eigenvalue weighted by Gasteiger charge is -2.16. The summed E-state index contributed by atoms with van der Waals surface area (Å²) in [7, 11) is 0. The molecule has 1 saturated heterocycles. The molecule has 0 aromatic heterocycles. The Bertz CT molecular complexity index is 165. The van der Waals surface area contributed by atoms with Crippen LogP contribution in [0.5, 0.6) is 0 Å². The van der Waals surface area contributed by atoms with E-state index in [0.717, 1.165) is 0 Å². The van der Waals surface area contributed by atoms with Crippen LogP contribution in [0.2, 0.25) is 0 Å². The highest BCUT2D eigenvalue weighted by molar-refractivity contribution is 4.79. The van der Waals surface area contributed by atoms with E-state index >= 15 is 0 Å². The predicted molar refractivity (Wildman–Crippen MR) is 64.0 cm³/mol. The Balaban J connectivity index is 0.000000364. The second kappa shape index (κ2) is 7.63. The fraction of sp³-hybridized carbons (Fsp3) is 0.667. The molecule has 82 valence electrons. The van der Waals surface area contributed by atoms with Crippen molar-refractivity contribution in [2.24, 2.45) is 11.7 Å². The fourth-order valence-electron chi connectivity index (χ4n) is 1.45. The Morgan fingerprint density at radius 3 is 2.29 bits per heavy atom. The summed E-state index contributed by atoms with van der Waals surface area (Å²) in [6.07, 6.45) is 4.83. The molecule has 0 aromatic carbocycles. The molecule has 0 amide bonds. The van der Waals surface area contributed by atoms with Gasteiger partial charge in [0, 0.05) is 6.54 Å². The monoisotopic (exact) mass is 196 g/mol. The molecule has 2 heteroatoms. The quantitative estimate of drug-likeness (QED) is 0.702. The van der Waals surface area contributed by atoms with Crippen LogP contribution in [0, 0.1) is 5.92 Å². The van der Waals surface area contributed by atoms with Gasteiger partial charge in [-0.25, -0.2) is 0 Å². The fourth-order valence-corrected chi connectivity index (χ4v) is 1.45. The molecule has 0 radical (unpaired) electrons. The van der Waals surface area contributed by atoms with Crippen LogP contribution in [-0.2, 0) is 0 Å². The predicted octanol–water partition coefficient (Wildman–Crippen LogP) is 2.38. The number of rotatable bonds is 3. The lowest BCUT2D eigenvalue weighted by atomic mass is 10.2. The second-order valence-electron chi connectivity index (χ2n) is 4.07. The summed E-state index contributed by atoms with van der Waals surface area (Å²) in [5, 5.41) is 0. The largest absolute Gasteiger partial charge is 0.403 e. The van der Waals surface area contributed by atoms with Gasteiger partial charge in [-0.3, -0.25) is 0 Å². The first-order valence-electron chi connectivity index (χ1n) is 5.32. The average molecular weight is 196 g/mol. The Morgan fingerprint density at radius 2 is 1.93 bits per heavy atom. The minimum absolute atomic E-state index is 0.665. The van der Waals surface area contributed by atoms with E-state index in [9.17, 15) is 0 Å². The molecule has 0 aliphatic carbocycles. The molecule has 1 unspecified atom stereocenters. The maximum atomic E-state index is 4.92. The van der Waals surface area contributed by atoms with E-state index in [0.29, 0.717) is 11.6 Å². The molecule has 1 rings (SSSR count). The van der Waals surface area contributed by atoms with Gasteiger partial charge in [0.1, 0.15) is 0 Å². The lowest BCUT2D eigenvalue weighted by molar-refractivity contribution is 0.311. The van der Waals surface area contributed by atoms with Crippen LogP contribution in [0.4, 0.5) is 0 Å². The van der Waals surface area contributed by atoms with Gasteiger partial charge in [-0.15, -0.1) is 6.58 Å². The molecule has 0 spiro atoms. The first-order chi connectivity index (χ1) is 6.56. The molecule has 2 nitrogen and oxygen atoms in total. The molecular formula is C12H24N2. The van der Waals surface area contributed by atoms with Gasteiger partial charge >= 0.3 is 0 Å². The number of allylic oxidation sites excluding steroid dienone is 1. The molecular weight excluding hydrogens is 172 g/mol. The van der Waals surface area contributed by atoms with Gasteiger partial charge in [-0.2, -0.15) is 0 Å². The van der Waals surface area contributed by atoms with Crippen molar-refractivity contribution >= 4 is 0 Å². The van der Waals surface area contributed by atoms with E-state index in [-0.39, 0.29) is 0 Å². The van der Waals surface area contributed by atoms with Crippen molar-refractivity contribution in [3.05, 3.63) is 24.9 Å². The van der Waals surface area contributed by atoms with Gasteiger partial charge < -0.3 is 10.6 Å². The van der Waals surface area contributed by atoms with Crippen molar-refractivity contribution in [3.63, 3.8) is 0 Å². The first-order valence-corrected chi connectivity index (χ1v) is 5.32. The van der Waals surface area contributed by atoms with Crippen molar-refractivity contribution in [2.75, 3.05) is 19.6 Å². The normalized spacial score (nSPS) is 18.1. The number of likely N-dealkylation sites (tertiary alicyclic amines) is 1. The van der Waals surface area contributed by atoms with Crippen LogP contribution in [-0.4, -0.2) is 24.5 Å². The standard InChI is InChI=1S/C9H17N.C3H7N/c1-3-9(2)8-10-6-4-5-7-10;1-3(2)4/h3,9H,1,4-8H2,2H3;1,4H2,2H3. The molecule has 1 aliphatic heterocycles. The van der Waals surface area contributed by atoms with Gasteiger partial charge in [0.05, 0.1) is 0 Å². The Labute approximate surface area is 88.5 Å². The summed E-state index contributed by atoms with van der Waals surface area (Å²) in [6.45, 7) is 14.9. The van der Waals surface area contributed by atoms with Crippen LogP contribution in [0.3, 0.4) is 0 Å². The second-order valence-corrected chi connectivity index (χ2v) is 4.07. The van der Waals surface area contributed by atoms with Gasteiger partial charge in [-0.05, 0) is 44.5 Å². The maximum absolute atomic E-state index is 4.92. The molecule has 0 saturated carbocycles. The highest BCUT2D eigenvalue weighted by Gasteiger charge is 2.12. The van der Waals surface area contributed by atoms with E-state index in [1.54, 1.807) is 6.92 Å². The van der Waals surface area contributed by atoms with Crippen LogP contribution in [0.15, 0.2) is 24.9 Å².